The van der Waals surface area contributed by atoms with Crippen LogP contribution in [0.4, 0.5) is 4.39 Å². The topological polar surface area (TPSA) is 86.6 Å². The second-order valence-corrected chi connectivity index (χ2v) is 4.31. The number of phenolic OH excluding ortho intramolecular Hbond substituents is 1. The highest BCUT2D eigenvalue weighted by molar-refractivity contribution is 5.95. The van der Waals surface area contributed by atoms with Crippen LogP contribution in [0.25, 0.3) is 0 Å². The van der Waals surface area contributed by atoms with Crippen LogP contribution in [-0.4, -0.2) is 28.1 Å². The lowest BCUT2D eigenvalue weighted by molar-refractivity contribution is -0.140. The summed E-state index contributed by atoms with van der Waals surface area (Å²) in [5, 5.41) is 20.4. The number of benzene rings is 1. The van der Waals surface area contributed by atoms with Crippen molar-refractivity contribution in [3.05, 3.63) is 41.7 Å². The van der Waals surface area contributed by atoms with Crippen LogP contribution < -0.4 is 5.32 Å². The fourth-order valence-electron chi connectivity index (χ4n) is 1.92. The number of nitrogens with one attached hydrogen (secondary N) is 1. The number of carbonyl (C=O) groups excluding carboxylic acids is 1. The molecule has 0 saturated heterocycles. The highest BCUT2D eigenvalue weighted by Gasteiger charge is 2.26. The van der Waals surface area contributed by atoms with Gasteiger partial charge in [0, 0.05) is 12.1 Å². The number of rotatable bonds is 3. The van der Waals surface area contributed by atoms with Crippen LogP contribution in [0.2, 0.25) is 0 Å². The molecule has 1 amide bonds. The van der Waals surface area contributed by atoms with Crippen LogP contribution in [0.3, 0.4) is 0 Å². The van der Waals surface area contributed by atoms with Gasteiger partial charge < -0.3 is 15.5 Å². The zero-order chi connectivity index (χ0) is 14.0. The monoisotopic (exact) mass is 265 g/mol. The first kappa shape index (κ1) is 13.1. The van der Waals surface area contributed by atoms with E-state index in [9.17, 15) is 14.0 Å². The minimum atomic E-state index is -0.955. The lowest BCUT2D eigenvalue weighted by Gasteiger charge is -2.12. The molecular formula is C13H12FNO4. The zero-order valence-electron chi connectivity index (χ0n) is 9.84. The summed E-state index contributed by atoms with van der Waals surface area (Å²) < 4.78 is 13.4. The third-order valence-electron chi connectivity index (χ3n) is 2.91. The highest BCUT2D eigenvalue weighted by atomic mass is 19.1. The van der Waals surface area contributed by atoms with E-state index in [1.54, 1.807) is 6.08 Å². The van der Waals surface area contributed by atoms with Gasteiger partial charge in [0.1, 0.15) is 11.6 Å². The number of hydrogen-bond acceptors (Lipinski definition) is 3. The van der Waals surface area contributed by atoms with E-state index in [0.29, 0.717) is 0 Å². The molecular weight excluding hydrogens is 253 g/mol. The van der Waals surface area contributed by atoms with Crippen LogP contribution in [0.1, 0.15) is 16.8 Å². The molecule has 6 heteroatoms. The predicted molar refractivity (Wildman–Crippen MR) is 64.2 cm³/mol. The first-order valence-electron chi connectivity index (χ1n) is 5.68. The van der Waals surface area contributed by atoms with Gasteiger partial charge in [-0.1, -0.05) is 12.2 Å². The number of amides is 1. The Morgan fingerprint density at radius 1 is 1.32 bits per heavy atom. The quantitative estimate of drug-likeness (QED) is 0.719. The van der Waals surface area contributed by atoms with Crippen molar-refractivity contribution in [1.29, 1.82) is 0 Å². The molecule has 0 spiro atoms. The minimum Gasteiger partial charge on any atom is -0.508 e. The number of carbonyl (C=O) groups is 2. The molecule has 5 nitrogen and oxygen atoms in total. The number of halogens is 1. The largest absolute Gasteiger partial charge is 0.508 e. The maximum atomic E-state index is 13.4. The SMILES string of the molecule is O=C(NC1C=CC(C(=O)O)C1)c1ccc(O)cc1F. The summed E-state index contributed by atoms with van der Waals surface area (Å²) in [5.74, 6) is -3.31. The van der Waals surface area contributed by atoms with Crippen molar-refractivity contribution >= 4 is 11.9 Å². The fourth-order valence-corrected chi connectivity index (χ4v) is 1.92. The van der Waals surface area contributed by atoms with E-state index in [-0.39, 0.29) is 17.7 Å². The van der Waals surface area contributed by atoms with Gasteiger partial charge in [0.05, 0.1) is 11.5 Å². The number of hydrogen-bond donors (Lipinski definition) is 3. The first-order valence-corrected chi connectivity index (χ1v) is 5.68. The van der Waals surface area contributed by atoms with Crippen LogP contribution in [-0.2, 0) is 4.79 Å². The van der Waals surface area contributed by atoms with Crippen LogP contribution in [0, 0.1) is 11.7 Å². The maximum Gasteiger partial charge on any atom is 0.310 e. The lowest BCUT2D eigenvalue weighted by atomic mass is 10.1. The van der Waals surface area contributed by atoms with Crippen LogP contribution >= 0.6 is 0 Å². The second-order valence-electron chi connectivity index (χ2n) is 4.31. The van der Waals surface area contributed by atoms with Gasteiger partial charge in [0.25, 0.3) is 5.91 Å². The molecule has 19 heavy (non-hydrogen) atoms. The minimum absolute atomic E-state index is 0.190. The van der Waals surface area contributed by atoms with Crippen molar-refractivity contribution in [2.24, 2.45) is 5.92 Å². The highest BCUT2D eigenvalue weighted by Crippen LogP contribution is 2.19. The Hall–Kier alpha value is -2.37. The van der Waals surface area contributed by atoms with Gasteiger partial charge in [0.15, 0.2) is 0 Å². The Morgan fingerprint density at radius 2 is 2.05 bits per heavy atom. The summed E-state index contributed by atoms with van der Waals surface area (Å²) in [6.07, 6.45) is 3.33. The average Bonchev–Trinajstić information content (AvgIpc) is 2.77. The van der Waals surface area contributed by atoms with Crippen molar-refractivity contribution in [2.45, 2.75) is 12.5 Å². The molecule has 1 aliphatic carbocycles. The van der Waals surface area contributed by atoms with E-state index in [0.717, 1.165) is 6.07 Å². The standard InChI is InChI=1S/C13H12FNO4/c14-11-6-9(16)3-4-10(11)12(17)15-8-2-1-7(5-8)13(18)19/h1-4,6-8,16H,5H2,(H,15,17)(H,18,19). The fraction of sp³-hybridized carbons (Fsp3) is 0.231. The van der Waals surface area contributed by atoms with E-state index >= 15 is 0 Å². The number of carboxylic acid groups (broad SMARTS) is 1. The molecule has 3 N–H and O–H groups in total. The number of carboxylic acids is 1. The van der Waals surface area contributed by atoms with Gasteiger partial charge in [-0.2, -0.15) is 0 Å². The Labute approximate surface area is 108 Å². The summed E-state index contributed by atoms with van der Waals surface area (Å²) in [4.78, 5) is 22.5. The van der Waals surface area contributed by atoms with Gasteiger partial charge in [-0.05, 0) is 18.6 Å². The Bertz CT molecular complexity index is 556. The summed E-state index contributed by atoms with van der Waals surface area (Å²) in [6.45, 7) is 0. The van der Waals surface area contributed by atoms with Gasteiger partial charge in [-0.3, -0.25) is 9.59 Å². The molecule has 0 heterocycles. The third kappa shape index (κ3) is 2.90. The zero-order valence-corrected chi connectivity index (χ0v) is 9.84. The summed E-state index contributed by atoms with van der Waals surface area (Å²) in [5.41, 5.74) is -0.190. The van der Waals surface area contributed by atoms with Crippen LogP contribution in [0.15, 0.2) is 30.4 Å². The normalized spacial score (nSPS) is 21.3. The molecule has 2 atom stereocenters. The molecule has 1 aliphatic rings. The molecule has 100 valence electrons. The maximum absolute atomic E-state index is 13.4. The summed E-state index contributed by atoms with van der Waals surface area (Å²) in [7, 11) is 0. The van der Waals surface area contributed by atoms with E-state index in [1.165, 1.54) is 18.2 Å². The smallest absolute Gasteiger partial charge is 0.310 e. The number of phenols is 1. The predicted octanol–water partition coefficient (Wildman–Crippen LogP) is 1.29. The first-order chi connectivity index (χ1) is 8.97. The van der Waals surface area contributed by atoms with E-state index in [4.69, 9.17) is 10.2 Å². The molecule has 0 aromatic heterocycles. The van der Waals surface area contributed by atoms with E-state index in [2.05, 4.69) is 5.32 Å². The van der Waals surface area contributed by atoms with E-state index < -0.39 is 29.7 Å². The van der Waals surface area contributed by atoms with Crippen LogP contribution in [0.5, 0.6) is 5.75 Å². The van der Waals surface area contributed by atoms with E-state index in [1.807, 2.05) is 0 Å². The molecule has 0 bridgehead atoms. The molecule has 0 saturated carbocycles. The number of aliphatic carboxylic acids is 1. The Kier molecular flexibility index (Phi) is 3.50. The molecule has 2 unspecified atom stereocenters. The molecule has 0 aliphatic heterocycles. The number of aromatic hydroxyl groups is 1. The van der Waals surface area contributed by atoms with Gasteiger partial charge in [-0.15, -0.1) is 0 Å². The molecule has 1 aromatic rings. The summed E-state index contributed by atoms with van der Waals surface area (Å²) in [6, 6.07) is 2.80. The van der Waals surface area contributed by atoms with Crippen molar-refractivity contribution in [3.63, 3.8) is 0 Å². The van der Waals surface area contributed by atoms with Crippen molar-refractivity contribution in [3.8, 4) is 5.75 Å². The van der Waals surface area contributed by atoms with Crippen molar-refractivity contribution in [2.75, 3.05) is 0 Å². The second kappa shape index (κ2) is 5.09. The molecule has 1 aromatic carbocycles. The Morgan fingerprint density at radius 3 is 2.63 bits per heavy atom. The van der Waals surface area contributed by atoms with Crippen molar-refractivity contribution < 1.29 is 24.2 Å². The average molecular weight is 265 g/mol. The van der Waals surface area contributed by atoms with Gasteiger partial charge >= 0.3 is 5.97 Å². The Balaban J connectivity index is 2.03. The summed E-state index contributed by atoms with van der Waals surface area (Å²) >= 11 is 0. The molecule has 0 fully saturated rings. The van der Waals surface area contributed by atoms with Crippen molar-refractivity contribution in [1.82, 2.24) is 5.32 Å². The molecule has 0 radical (unpaired) electrons. The van der Waals surface area contributed by atoms with Gasteiger partial charge in [0.2, 0.25) is 0 Å². The third-order valence-corrected chi connectivity index (χ3v) is 2.91. The van der Waals surface area contributed by atoms with Gasteiger partial charge in [-0.25, -0.2) is 4.39 Å². The molecule has 2 rings (SSSR count). The lowest BCUT2D eigenvalue weighted by Crippen LogP contribution is -2.33.